The summed E-state index contributed by atoms with van der Waals surface area (Å²) in [6, 6.07) is 18.8. The molecule has 0 radical (unpaired) electrons. The number of nitrogens with zero attached hydrogens (tertiary/aromatic N) is 3. The number of ether oxygens (including phenoxy) is 1. The summed E-state index contributed by atoms with van der Waals surface area (Å²) in [6.07, 6.45) is 1.62. The van der Waals surface area contributed by atoms with Gasteiger partial charge in [0.1, 0.15) is 5.75 Å². The Labute approximate surface area is 197 Å². The van der Waals surface area contributed by atoms with Crippen molar-refractivity contribution in [1.82, 2.24) is 15.6 Å². The predicted molar refractivity (Wildman–Crippen MR) is 126 cm³/mol. The summed E-state index contributed by atoms with van der Waals surface area (Å²) in [5.74, 6) is 0.480. The number of aromatic nitrogens is 2. The zero-order chi connectivity index (χ0) is 22.3. The number of hydrogen-bond acceptors (Lipinski definition) is 7. The molecule has 0 unspecified atom stereocenters. The summed E-state index contributed by atoms with van der Waals surface area (Å²) in [5.41, 5.74) is 3.42. The smallest absolute Gasteiger partial charge is 0.277 e. The fraction of sp³-hybridized carbons (Fsp3) is 0.0909. The van der Waals surface area contributed by atoms with Gasteiger partial charge in [-0.1, -0.05) is 77.4 Å². The molecule has 7 nitrogen and oxygen atoms in total. The van der Waals surface area contributed by atoms with Crippen LogP contribution in [0.5, 0.6) is 5.75 Å². The zero-order valence-corrected chi connectivity index (χ0v) is 18.8. The molecule has 32 heavy (non-hydrogen) atoms. The topological polar surface area (TPSA) is 89.6 Å². The molecule has 0 saturated carbocycles. The van der Waals surface area contributed by atoms with Gasteiger partial charge in [-0.05, 0) is 29.0 Å². The largest absolute Gasteiger partial charge is 0.482 e. The Morgan fingerprint density at radius 1 is 1.12 bits per heavy atom. The highest BCUT2D eigenvalue weighted by Crippen LogP contribution is 2.28. The molecule has 0 aliphatic heterocycles. The molecule has 162 valence electrons. The number of rotatable bonds is 8. The molecule has 0 saturated heterocycles. The molecular weight excluding hydrogens is 471 g/mol. The number of hydrogen-bond donors (Lipinski definition) is 1. The van der Waals surface area contributed by atoms with Crippen molar-refractivity contribution in [1.29, 1.82) is 0 Å². The summed E-state index contributed by atoms with van der Waals surface area (Å²) < 4.78 is 11.0. The Kier molecular flexibility index (Phi) is 7.26. The number of amides is 1. The first kappa shape index (κ1) is 22.1. The van der Waals surface area contributed by atoms with E-state index in [1.165, 1.54) is 0 Å². The molecule has 0 bridgehead atoms. The van der Waals surface area contributed by atoms with Crippen LogP contribution in [0.2, 0.25) is 10.0 Å². The van der Waals surface area contributed by atoms with Gasteiger partial charge >= 0.3 is 0 Å². The number of thioether (sulfide) groups is 1. The molecule has 0 spiro atoms. The van der Waals surface area contributed by atoms with Crippen LogP contribution in [0.4, 0.5) is 0 Å². The minimum Gasteiger partial charge on any atom is -0.482 e. The lowest BCUT2D eigenvalue weighted by Gasteiger charge is -2.05. The van der Waals surface area contributed by atoms with Crippen molar-refractivity contribution in [3.63, 3.8) is 0 Å². The monoisotopic (exact) mass is 486 g/mol. The fourth-order valence-electron chi connectivity index (χ4n) is 2.78. The molecule has 1 aromatic heterocycles. The molecule has 0 aliphatic rings. The molecule has 3 aromatic carbocycles. The minimum absolute atomic E-state index is 0.0381. The van der Waals surface area contributed by atoms with Crippen molar-refractivity contribution in [2.75, 3.05) is 5.75 Å². The van der Waals surface area contributed by atoms with Gasteiger partial charge in [0.05, 0.1) is 17.0 Å². The maximum absolute atomic E-state index is 12.1. The Morgan fingerprint density at radius 3 is 2.84 bits per heavy atom. The van der Waals surface area contributed by atoms with Gasteiger partial charge in [0.2, 0.25) is 0 Å². The third-order valence-electron chi connectivity index (χ3n) is 4.24. The zero-order valence-electron chi connectivity index (χ0n) is 16.5. The highest BCUT2D eigenvalue weighted by molar-refractivity contribution is 7.99. The van der Waals surface area contributed by atoms with E-state index >= 15 is 0 Å². The first-order valence-electron chi connectivity index (χ1n) is 9.41. The molecular formula is C22H16Cl2N4O3S. The first-order chi connectivity index (χ1) is 15.6. The normalized spacial score (nSPS) is 11.2. The first-order valence-corrected chi connectivity index (χ1v) is 11.2. The van der Waals surface area contributed by atoms with Crippen LogP contribution in [0, 0.1) is 0 Å². The van der Waals surface area contributed by atoms with E-state index in [9.17, 15) is 4.79 Å². The number of nitrogens with one attached hydrogen (secondary N) is 1. The van der Waals surface area contributed by atoms with E-state index in [0.717, 1.165) is 28.1 Å². The molecule has 1 heterocycles. The summed E-state index contributed by atoms with van der Waals surface area (Å²) in [4.78, 5) is 12.1. The standard InChI is InChI=1S/C22H16Cl2N4O3S/c23-16-8-9-19(18(24)10-16)30-12-21-27-28-22(31-21)32-13-20(29)26-25-11-15-6-3-5-14-4-1-2-7-17(14)15/h1-11H,12-13H2,(H,26,29)/b25-11-. The molecule has 1 N–H and O–H groups in total. The maximum Gasteiger partial charge on any atom is 0.277 e. The van der Waals surface area contributed by atoms with Crippen molar-refractivity contribution >= 4 is 57.9 Å². The maximum atomic E-state index is 12.1. The molecule has 1 amide bonds. The van der Waals surface area contributed by atoms with Crippen LogP contribution < -0.4 is 10.2 Å². The Hall–Kier alpha value is -3.07. The van der Waals surface area contributed by atoms with Crippen LogP contribution in [0.1, 0.15) is 11.5 Å². The van der Waals surface area contributed by atoms with Crippen LogP contribution in [-0.4, -0.2) is 28.1 Å². The average Bonchev–Trinajstić information content (AvgIpc) is 3.25. The van der Waals surface area contributed by atoms with Crippen LogP contribution in [0.25, 0.3) is 10.8 Å². The number of carbonyl (C=O) groups is 1. The second-order valence-corrected chi connectivity index (χ2v) is 8.25. The quantitative estimate of drug-likeness (QED) is 0.205. The summed E-state index contributed by atoms with van der Waals surface area (Å²) in [6.45, 7) is 0.0381. The molecule has 4 rings (SSSR count). The van der Waals surface area contributed by atoms with E-state index in [4.69, 9.17) is 32.4 Å². The summed E-state index contributed by atoms with van der Waals surface area (Å²) >= 11 is 13.0. The molecule has 4 aromatic rings. The van der Waals surface area contributed by atoms with Gasteiger partial charge in [0.25, 0.3) is 17.0 Å². The van der Waals surface area contributed by atoms with Crippen molar-refractivity contribution in [3.8, 4) is 5.75 Å². The summed E-state index contributed by atoms with van der Waals surface area (Å²) in [7, 11) is 0. The van der Waals surface area contributed by atoms with Gasteiger partial charge in [0, 0.05) is 10.6 Å². The molecule has 0 aliphatic carbocycles. The lowest BCUT2D eigenvalue weighted by molar-refractivity contribution is -0.118. The molecule has 0 fully saturated rings. The van der Waals surface area contributed by atoms with Crippen molar-refractivity contribution in [2.45, 2.75) is 11.8 Å². The van der Waals surface area contributed by atoms with Gasteiger partial charge in [-0.2, -0.15) is 5.10 Å². The number of halogens is 2. The van der Waals surface area contributed by atoms with Gasteiger partial charge < -0.3 is 9.15 Å². The van der Waals surface area contributed by atoms with Crippen molar-refractivity contribution < 1.29 is 13.9 Å². The van der Waals surface area contributed by atoms with Crippen LogP contribution >= 0.6 is 35.0 Å². The SMILES string of the molecule is O=C(CSc1nnc(COc2ccc(Cl)cc2Cl)o1)N/N=C\c1cccc2ccccc12. The average molecular weight is 487 g/mol. The van der Waals surface area contributed by atoms with E-state index < -0.39 is 0 Å². The Morgan fingerprint density at radius 2 is 1.97 bits per heavy atom. The number of hydrazone groups is 1. The predicted octanol–water partition coefficient (Wildman–Crippen LogP) is 5.35. The van der Waals surface area contributed by atoms with Crippen molar-refractivity contribution in [2.24, 2.45) is 5.10 Å². The third kappa shape index (κ3) is 5.79. The van der Waals surface area contributed by atoms with Crippen molar-refractivity contribution in [3.05, 3.63) is 82.2 Å². The molecule has 0 atom stereocenters. The highest BCUT2D eigenvalue weighted by atomic mass is 35.5. The van der Waals surface area contributed by atoms with E-state index in [0.29, 0.717) is 15.8 Å². The second kappa shape index (κ2) is 10.5. The van der Waals surface area contributed by atoms with E-state index in [2.05, 4.69) is 20.7 Å². The Balaban J connectivity index is 1.25. The molecule has 10 heteroatoms. The van der Waals surface area contributed by atoms with E-state index in [-0.39, 0.29) is 29.4 Å². The number of fused-ring (bicyclic) bond motifs is 1. The van der Waals surface area contributed by atoms with Gasteiger partial charge in [0.15, 0.2) is 6.61 Å². The number of benzene rings is 3. The van der Waals surface area contributed by atoms with Crippen LogP contribution in [0.3, 0.4) is 0 Å². The van der Waals surface area contributed by atoms with Crippen LogP contribution in [-0.2, 0) is 11.4 Å². The van der Waals surface area contributed by atoms with E-state index in [1.54, 1.807) is 24.4 Å². The highest BCUT2D eigenvalue weighted by Gasteiger charge is 2.11. The number of carbonyl (C=O) groups excluding carboxylic acids is 1. The van der Waals surface area contributed by atoms with E-state index in [1.807, 2.05) is 42.5 Å². The third-order valence-corrected chi connectivity index (χ3v) is 5.59. The lowest BCUT2D eigenvalue weighted by Crippen LogP contribution is -2.19. The van der Waals surface area contributed by atoms with Crippen LogP contribution in [0.15, 0.2) is 75.4 Å². The Bertz CT molecular complexity index is 1270. The minimum atomic E-state index is -0.296. The van der Waals surface area contributed by atoms with Gasteiger partial charge in [-0.25, -0.2) is 5.43 Å². The summed E-state index contributed by atoms with van der Waals surface area (Å²) in [5, 5.41) is 15.1. The van der Waals surface area contributed by atoms with Gasteiger partial charge in [-0.3, -0.25) is 4.79 Å². The second-order valence-electron chi connectivity index (χ2n) is 6.48. The fourth-order valence-corrected chi connectivity index (χ4v) is 3.82. The van der Waals surface area contributed by atoms with Gasteiger partial charge in [-0.15, -0.1) is 10.2 Å². The lowest BCUT2D eigenvalue weighted by atomic mass is 10.1.